The molecule has 1 amide bonds. The van der Waals surface area contributed by atoms with Gasteiger partial charge in [-0.15, -0.1) is 0 Å². The zero-order valence-corrected chi connectivity index (χ0v) is 11.3. The van der Waals surface area contributed by atoms with E-state index >= 15 is 0 Å². The van der Waals surface area contributed by atoms with Crippen LogP contribution < -0.4 is 0 Å². The quantitative estimate of drug-likeness (QED) is 0.762. The molecule has 0 aromatic heterocycles. The molecule has 2 aliphatic rings. The van der Waals surface area contributed by atoms with Gasteiger partial charge in [0.05, 0.1) is 6.10 Å². The highest BCUT2D eigenvalue weighted by Gasteiger charge is 2.69. The molecule has 5 nitrogen and oxygen atoms in total. The maximum absolute atomic E-state index is 12.5. The Balaban J connectivity index is 2.18. The predicted molar refractivity (Wildman–Crippen MR) is 64.8 cm³/mol. The van der Waals surface area contributed by atoms with Gasteiger partial charge in [0.15, 0.2) is 0 Å². The molecular formula is C13H21NO4. The highest BCUT2D eigenvalue weighted by molar-refractivity contribution is 5.89. The standard InChI is InChI=1S/C13H21NO4/c1-12(2)9(13(12,3)4)10(16)14-6-7(15)5-8(14)11(17)18/h7-9,15H,5-6H2,1-4H3,(H,17,18). The fourth-order valence-electron chi connectivity index (χ4n) is 3.27. The van der Waals surface area contributed by atoms with Crippen molar-refractivity contribution in [2.45, 2.75) is 46.3 Å². The van der Waals surface area contributed by atoms with Crippen LogP contribution in [-0.4, -0.2) is 45.7 Å². The summed E-state index contributed by atoms with van der Waals surface area (Å²) >= 11 is 0. The van der Waals surface area contributed by atoms with E-state index in [2.05, 4.69) is 0 Å². The van der Waals surface area contributed by atoms with E-state index in [1.807, 2.05) is 27.7 Å². The summed E-state index contributed by atoms with van der Waals surface area (Å²) in [6.45, 7) is 8.24. The minimum absolute atomic E-state index is 0.110. The number of likely N-dealkylation sites (tertiary alicyclic amines) is 1. The molecule has 1 heterocycles. The van der Waals surface area contributed by atoms with Gasteiger partial charge < -0.3 is 15.1 Å². The lowest BCUT2D eigenvalue weighted by atomic mass is 10.0. The van der Waals surface area contributed by atoms with Crippen molar-refractivity contribution in [3.63, 3.8) is 0 Å². The van der Waals surface area contributed by atoms with Gasteiger partial charge in [0, 0.05) is 18.9 Å². The Hall–Kier alpha value is -1.10. The number of rotatable bonds is 2. The largest absolute Gasteiger partial charge is 0.480 e. The number of hydrogen-bond acceptors (Lipinski definition) is 3. The average Bonchev–Trinajstić information content (AvgIpc) is 2.57. The smallest absolute Gasteiger partial charge is 0.326 e. The molecule has 1 aliphatic heterocycles. The predicted octanol–water partition coefficient (Wildman–Crippen LogP) is 0.715. The van der Waals surface area contributed by atoms with E-state index in [9.17, 15) is 14.7 Å². The fourth-order valence-corrected chi connectivity index (χ4v) is 3.27. The highest BCUT2D eigenvalue weighted by atomic mass is 16.4. The minimum Gasteiger partial charge on any atom is -0.480 e. The first-order valence-electron chi connectivity index (χ1n) is 6.32. The summed E-state index contributed by atoms with van der Waals surface area (Å²) in [7, 11) is 0. The molecule has 1 saturated heterocycles. The van der Waals surface area contributed by atoms with E-state index in [1.165, 1.54) is 4.90 Å². The van der Waals surface area contributed by atoms with Gasteiger partial charge in [-0.25, -0.2) is 4.79 Å². The number of carbonyl (C=O) groups is 2. The van der Waals surface area contributed by atoms with Gasteiger partial charge in [0.25, 0.3) is 0 Å². The molecule has 102 valence electrons. The molecule has 1 saturated carbocycles. The summed E-state index contributed by atoms with van der Waals surface area (Å²) in [6, 6.07) is -0.875. The first kappa shape index (κ1) is 13.3. The number of aliphatic hydroxyl groups is 1. The zero-order valence-electron chi connectivity index (χ0n) is 11.3. The number of carboxylic acids is 1. The molecular weight excluding hydrogens is 234 g/mol. The maximum Gasteiger partial charge on any atom is 0.326 e. The number of nitrogens with zero attached hydrogens (tertiary/aromatic N) is 1. The summed E-state index contributed by atoms with van der Waals surface area (Å²) < 4.78 is 0. The SMILES string of the molecule is CC1(C)C(C(=O)N2CC(O)CC2C(=O)O)C1(C)C. The van der Waals surface area contributed by atoms with Gasteiger partial charge in [-0.3, -0.25) is 4.79 Å². The Labute approximate surface area is 107 Å². The van der Waals surface area contributed by atoms with Crippen molar-refractivity contribution in [1.82, 2.24) is 4.90 Å². The molecule has 5 heteroatoms. The van der Waals surface area contributed by atoms with Crippen molar-refractivity contribution in [3.8, 4) is 0 Å². The summed E-state index contributed by atoms with van der Waals surface area (Å²) in [6.07, 6.45) is -0.589. The van der Waals surface area contributed by atoms with Crippen LogP contribution >= 0.6 is 0 Å². The Kier molecular flexibility index (Phi) is 2.74. The van der Waals surface area contributed by atoms with E-state index in [-0.39, 0.29) is 35.6 Å². The van der Waals surface area contributed by atoms with Crippen LogP contribution in [0.4, 0.5) is 0 Å². The lowest BCUT2D eigenvalue weighted by molar-refractivity contribution is -0.149. The van der Waals surface area contributed by atoms with Crippen LogP contribution in [0.15, 0.2) is 0 Å². The van der Waals surface area contributed by atoms with E-state index < -0.39 is 18.1 Å². The lowest BCUT2D eigenvalue weighted by Gasteiger charge is -2.22. The fraction of sp³-hybridized carbons (Fsp3) is 0.846. The van der Waals surface area contributed by atoms with Crippen LogP contribution in [0.3, 0.4) is 0 Å². The number of carbonyl (C=O) groups excluding carboxylic acids is 1. The second-order valence-electron chi connectivity index (χ2n) is 6.61. The normalized spacial score (nSPS) is 33.5. The minimum atomic E-state index is -1.03. The third kappa shape index (κ3) is 1.64. The molecule has 2 N–H and O–H groups in total. The molecule has 18 heavy (non-hydrogen) atoms. The van der Waals surface area contributed by atoms with Crippen LogP contribution in [0.25, 0.3) is 0 Å². The van der Waals surface area contributed by atoms with Crippen LogP contribution in [0.5, 0.6) is 0 Å². The third-order valence-electron chi connectivity index (χ3n) is 5.11. The third-order valence-corrected chi connectivity index (χ3v) is 5.11. The molecule has 2 rings (SSSR count). The van der Waals surface area contributed by atoms with Gasteiger partial charge in [0.1, 0.15) is 6.04 Å². The van der Waals surface area contributed by atoms with E-state index in [1.54, 1.807) is 0 Å². The Morgan fingerprint density at radius 2 is 1.67 bits per heavy atom. The van der Waals surface area contributed by atoms with Crippen molar-refractivity contribution in [2.75, 3.05) is 6.54 Å². The van der Waals surface area contributed by atoms with Gasteiger partial charge >= 0.3 is 5.97 Å². The molecule has 0 bridgehead atoms. The molecule has 0 radical (unpaired) electrons. The number of β-amino-alcohol motifs (C(OH)–C–C–N with tert-alkyl or cyclic N) is 1. The van der Waals surface area contributed by atoms with Gasteiger partial charge in [-0.05, 0) is 10.8 Å². The number of aliphatic hydroxyl groups excluding tert-OH is 1. The van der Waals surface area contributed by atoms with Crippen molar-refractivity contribution < 1.29 is 19.8 Å². The monoisotopic (exact) mass is 255 g/mol. The van der Waals surface area contributed by atoms with E-state index in [0.29, 0.717) is 0 Å². The number of aliphatic carboxylic acids is 1. The van der Waals surface area contributed by atoms with Gasteiger partial charge in [-0.2, -0.15) is 0 Å². The molecule has 2 atom stereocenters. The lowest BCUT2D eigenvalue weighted by Crippen LogP contribution is -2.42. The van der Waals surface area contributed by atoms with E-state index in [4.69, 9.17) is 5.11 Å². The molecule has 2 fully saturated rings. The topological polar surface area (TPSA) is 77.8 Å². The molecule has 0 spiro atoms. The van der Waals surface area contributed by atoms with Gasteiger partial charge in [-0.1, -0.05) is 27.7 Å². The first-order valence-corrected chi connectivity index (χ1v) is 6.32. The van der Waals surface area contributed by atoms with Crippen molar-refractivity contribution in [1.29, 1.82) is 0 Å². The molecule has 0 aromatic rings. The summed E-state index contributed by atoms with van der Waals surface area (Å²) in [5.41, 5.74) is -0.221. The average molecular weight is 255 g/mol. The highest BCUT2D eigenvalue weighted by Crippen LogP contribution is 2.69. The summed E-state index contributed by atoms with van der Waals surface area (Å²) in [4.78, 5) is 24.9. The second-order valence-corrected chi connectivity index (χ2v) is 6.61. The summed E-state index contributed by atoms with van der Waals surface area (Å²) in [5.74, 6) is -1.32. The van der Waals surface area contributed by atoms with Crippen LogP contribution in [0, 0.1) is 16.7 Å². The Morgan fingerprint density at radius 1 is 1.17 bits per heavy atom. The number of hydrogen-bond donors (Lipinski definition) is 2. The van der Waals surface area contributed by atoms with Crippen LogP contribution in [-0.2, 0) is 9.59 Å². The van der Waals surface area contributed by atoms with Crippen LogP contribution in [0.2, 0.25) is 0 Å². The zero-order chi connectivity index (χ0) is 13.9. The first-order chi connectivity index (χ1) is 8.10. The Bertz CT molecular complexity index is 388. The van der Waals surface area contributed by atoms with Crippen molar-refractivity contribution in [3.05, 3.63) is 0 Å². The molecule has 0 aromatic carbocycles. The van der Waals surface area contributed by atoms with E-state index in [0.717, 1.165) is 0 Å². The molecule has 1 aliphatic carbocycles. The number of carboxylic acid groups (broad SMARTS) is 1. The van der Waals surface area contributed by atoms with Crippen molar-refractivity contribution >= 4 is 11.9 Å². The molecule has 2 unspecified atom stereocenters. The Morgan fingerprint density at radius 3 is 2.06 bits per heavy atom. The number of amides is 1. The summed E-state index contributed by atoms with van der Waals surface area (Å²) in [5, 5.41) is 18.7. The maximum atomic E-state index is 12.5. The van der Waals surface area contributed by atoms with Gasteiger partial charge in [0.2, 0.25) is 5.91 Å². The van der Waals surface area contributed by atoms with Crippen molar-refractivity contribution in [2.24, 2.45) is 16.7 Å². The van der Waals surface area contributed by atoms with Crippen LogP contribution in [0.1, 0.15) is 34.1 Å². The second kappa shape index (κ2) is 3.70.